The highest BCUT2D eigenvalue weighted by atomic mass is 32.2. The fourth-order valence-electron chi connectivity index (χ4n) is 2.60. The number of sulfonamides is 1. The van der Waals surface area contributed by atoms with Crippen LogP contribution in [0.1, 0.15) is 31.8 Å². The van der Waals surface area contributed by atoms with Gasteiger partial charge in [0.2, 0.25) is 10.0 Å². The zero-order chi connectivity index (χ0) is 16.5. The first-order chi connectivity index (χ1) is 10.1. The van der Waals surface area contributed by atoms with Crippen molar-refractivity contribution in [2.24, 2.45) is 5.92 Å². The second-order valence-corrected chi connectivity index (χ2v) is 8.72. The third-order valence-electron chi connectivity index (χ3n) is 4.57. The molecule has 1 fully saturated rings. The molecule has 126 valence electrons. The van der Waals surface area contributed by atoms with E-state index in [0.29, 0.717) is 12.3 Å². The van der Waals surface area contributed by atoms with Crippen molar-refractivity contribution in [3.05, 3.63) is 23.7 Å². The molecule has 1 aliphatic heterocycles. The number of furan rings is 1. The molecule has 2 atom stereocenters. The van der Waals surface area contributed by atoms with Gasteiger partial charge in [-0.2, -0.15) is 4.31 Å². The average molecular weight is 330 g/mol. The van der Waals surface area contributed by atoms with Crippen molar-refractivity contribution in [2.75, 3.05) is 26.4 Å². The highest BCUT2D eigenvalue weighted by Gasteiger charge is 2.34. The molecule has 0 spiro atoms. The van der Waals surface area contributed by atoms with Crippen LogP contribution in [0.4, 0.5) is 0 Å². The third-order valence-corrected chi connectivity index (χ3v) is 5.83. The number of nitrogens with zero attached hydrogens (tertiary/aromatic N) is 2. The van der Waals surface area contributed by atoms with E-state index in [4.69, 9.17) is 4.42 Å². The molecule has 0 unspecified atom stereocenters. The number of rotatable bonds is 5. The summed E-state index contributed by atoms with van der Waals surface area (Å²) in [6.07, 6.45) is 1.93. The van der Waals surface area contributed by atoms with Crippen LogP contribution in [-0.4, -0.2) is 54.7 Å². The van der Waals surface area contributed by atoms with Gasteiger partial charge in [-0.05, 0) is 31.4 Å². The molecule has 0 aliphatic carbocycles. The van der Waals surface area contributed by atoms with Crippen LogP contribution in [0.2, 0.25) is 0 Å². The summed E-state index contributed by atoms with van der Waals surface area (Å²) in [5, 5.41) is 10.2. The Morgan fingerprint density at radius 3 is 2.68 bits per heavy atom. The molecule has 7 heteroatoms. The normalized spacial score (nSPS) is 27.5. The van der Waals surface area contributed by atoms with Crippen molar-refractivity contribution >= 4 is 10.0 Å². The van der Waals surface area contributed by atoms with Crippen molar-refractivity contribution in [3.63, 3.8) is 0 Å². The summed E-state index contributed by atoms with van der Waals surface area (Å²) in [6.45, 7) is 6.53. The van der Waals surface area contributed by atoms with E-state index in [-0.39, 0.29) is 12.5 Å². The van der Waals surface area contributed by atoms with E-state index in [1.165, 1.54) is 17.6 Å². The molecule has 2 rings (SSSR count). The van der Waals surface area contributed by atoms with Gasteiger partial charge in [0.15, 0.2) is 0 Å². The average Bonchev–Trinajstić information content (AvgIpc) is 2.80. The van der Waals surface area contributed by atoms with Crippen LogP contribution in [0.25, 0.3) is 0 Å². The number of hydrogen-bond acceptors (Lipinski definition) is 5. The summed E-state index contributed by atoms with van der Waals surface area (Å²) >= 11 is 0. The standard InChI is InChI=1S/C15H26N2O4S/c1-12-9-17(8-7-15(12,2)18)11-14-6-5-13(21-14)10-16(3)22(4,19)20/h5-6,12,18H,7-11H2,1-4H3/t12-,15+/m1/s1. The molecule has 1 N–H and O–H groups in total. The maximum Gasteiger partial charge on any atom is 0.211 e. The Balaban J connectivity index is 1.93. The minimum absolute atomic E-state index is 0.215. The predicted octanol–water partition coefficient (Wildman–Crippen LogP) is 1.26. The Hall–Kier alpha value is -0.890. The highest BCUT2D eigenvalue weighted by Crippen LogP contribution is 2.28. The van der Waals surface area contributed by atoms with Gasteiger partial charge in [-0.1, -0.05) is 6.92 Å². The Bertz CT molecular complexity index is 609. The van der Waals surface area contributed by atoms with Crippen molar-refractivity contribution in [1.82, 2.24) is 9.21 Å². The second-order valence-electron chi connectivity index (χ2n) is 6.63. The largest absolute Gasteiger partial charge is 0.463 e. The molecule has 1 aliphatic rings. The fourth-order valence-corrected chi connectivity index (χ4v) is 2.96. The first-order valence-electron chi connectivity index (χ1n) is 7.51. The first kappa shape index (κ1) is 17.5. The summed E-state index contributed by atoms with van der Waals surface area (Å²) in [5.41, 5.74) is -0.594. The van der Waals surface area contributed by atoms with E-state index in [9.17, 15) is 13.5 Å². The lowest BCUT2D eigenvalue weighted by atomic mass is 9.84. The molecule has 0 bridgehead atoms. The Morgan fingerprint density at radius 2 is 2.09 bits per heavy atom. The van der Waals surface area contributed by atoms with Crippen LogP contribution in [0.3, 0.4) is 0 Å². The number of piperidine rings is 1. The molecule has 1 aromatic heterocycles. The van der Waals surface area contributed by atoms with Gasteiger partial charge in [-0.25, -0.2) is 8.42 Å². The Kier molecular flexibility index (Phi) is 5.01. The fraction of sp³-hybridized carbons (Fsp3) is 0.733. The highest BCUT2D eigenvalue weighted by molar-refractivity contribution is 7.88. The van der Waals surface area contributed by atoms with E-state index < -0.39 is 15.6 Å². The topological polar surface area (TPSA) is 74.0 Å². The van der Waals surface area contributed by atoms with Gasteiger partial charge in [0.1, 0.15) is 11.5 Å². The van der Waals surface area contributed by atoms with E-state index in [0.717, 1.165) is 25.3 Å². The summed E-state index contributed by atoms with van der Waals surface area (Å²) in [5.74, 6) is 1.68. The van der Waals surface area contributed by atoms with Gasteiger partial charge in [-0.15, -0.1) is 0 Å². The lowest BCUT2D eigenvalue weighted by molar-refractivity contribution is -0.0535. The summed E-state index contributed by atoms with van der Waals surface area (Å²) in [7, 11) is -1.67. The molecule has 2 heterocycles. The van der Waals surface area contributed by atoms with Gasteiger partial charge >= 0.3 is 0 Å². The van der Waals surface area contributed by atoms with E-state index in [1.54, 1.807) is 0 Å². The monoisotopic (exact) mass is 330 g/mol. The molecule has 22 heavy (non-hydrogen) atoms. The lowest BCUT2D eigenvalue weighted by Crippen LogP contribution is -2.48. The number of hydrogen-bond donors (Lipinski definition) is 1. The minimum Gasteiger partial charge on any atom is -0.463 e. The zero-order valence-electron chi connectivity index (χ0n) is 13.7. The molecule has 0 amide bonds. The minimum atomic E-state index is -3.20. The molecule has 1 aromatic rings. The number of likely N-dealkylation sites (tertiary alicyclic amines) is 1. The molecule has 1 saturated heterocycles. The van der Waals surface area contributed by atoms with Crippen LogP contribution in [-0.2, 0) is 23.1 Å². The maximum absolute atomic E-state index is 11.4. The van der Waals surface area contributed by atoms with E-state index in [1.807, 2.05) is 19.1 Å². The van der Waals surface area contributed by atoms with Crippen LogP contribution < -0.4 is 0 Å². The van der Waals surface area contributed by atoms with E-state index >= 15 is 0 Å². The van der Waals surface area contributed by atoms with Crippen LogP contribution in [0.5, 0.6) is 0 Å². The van der Waals surface area contributed by atoms with Gasteiger partial charge < -0.3 is 9.52 Å². The van der Waals surface area contributed by atoms with Crippen molar-refractivity contribution in [2.45, 2.75) is 39.0 Å². The number of aliphatic hydroxyl groups is 1. The summed E-state index contributed by atoms with van der Waals surface area (Å²) in [6, 6.07) is 3.71. The van der Waals surface area contributed by atoms with Crippen molar-refractivity contribution < 1.29 is 17.9 Å². The zero-order valence-corrected chi connectivity index (χ0v) is 14.6. The SMILES string of the molecule is C[C@@H]1CN(Cc2ccc(CN(C)S(C)(=O)=O)o2)CC[C@]1(C)O. The summed E-state index contributed by atoms with van der Waals surface area (Å²) < 4.78 is 29.8. The third kappa shape index (κ3) is 4.32. The predicted molar refractivity (Wildman–Crippen MR) is 84.7 cm³/mol. The smallest absolute Gasteiger partial charge is 0.211 e. The molecule has 0 radical (unpaired) electrons. The summed E-state index contributed by atoms with van der Waals surface area (Å²) in [4.78, 5) is 2.26. The van der Waals surface area contributed by atoms with Crippen molar-refractivity contribution in [1.29, 1.82) is 0 Å². The van der Waals surface area contributed by atoms with Crippen LogP contribution in [0, 0.1) is 5.92 Å². The molecular formula is C15H26N2O4S. The van der Waals surface area contributed by atoms with Gasteiger partial charge in [0, 0.05) is 20.1 Å². The molecule has 6 nitrogen and oxygen atoms in total. The van der Waals surface area contributed by atoms with Crippen molar-refractivity contribution in [3.8, 4) is 0 Å². The maximum atomic E-state index is 11.4. The quantitative estimate of drug-likeness (QED) is 0.880. The Labute approximate surface area is 132 Å². The van der Waals surface area contributed by atoms with E-state index in [2.05, 4.69) is 11.8 Å². The molecule has 0 aromatic carbocycles. The first-order valence-corrected chi connectivity index (χ1v) is 9.36. The van der Waals surface area contributed by atoms with Crippen LogP contribution >= 0.6 is 0 Å². The second kappa shape index (κ2) is 6.31. The molecular weight excluding hydrogens is 304 g/mol. The molecule has 0 saturated carbocycles. The van der Waals surface area contributed by atoms with Crippen LogP contribution in [0.15, 0.2) is 16.5 Å². The van der Waals surface area contributed by atoms with Gasteiger partial charge in [-0.3, -0.25) is 4.90 Å². The van der Waals surface area contributed by atoms with Gasteiger partial charge in [0.25, 0.3) is 0 Å². The van der Waals surface area contributed by atoms with Gasteiger partial charge in [0.05, 0.1) is 24.9 Å². The Morgan fingerprint density at radius 1 is 1.45 bits per heavy atom. The lowest BCUT2D eigenvalue weighted by Gasteiger charge is -2.40.